The van der Waals surface area contributed by atoms with E-state index in [1.165, 1.54) is 70.6 Å². The highest BCUT2D eigenvalue weighted by atomic mass is 14.0. The van der Waals surface area contributed by atoms with E-state index in [1.54, 1.807) is 0 Å². The number of unbranched alkanes of at least 4 members (excludes halogenated alkanes) is 10. The number of hydrogen-bond donors (Lipinski definition) is 0. The second-order valence-corrected chi connectivity index (χ2v) is 4.81. The Morgan fingerprint density at radius 2 is 1.06 bits per heavy atom. The fraction of sp³-hybridized carbons (Fsp3) is 0.706. The van der Waals surface area contributed by atoms with Gasteiger partial charge >= 0.3 is 0 Å². The molecule has 0 saturated carbocycles. The van der Waals surface area contributed by atoms with Crippen molar-refractivity contribution in [3.8, 4) is 0 Å². The Balaban J connectivity index is 2.93. The first kappa shape index (κ1) is 16.5. The molecule has 0 atom stereocenters. The molecule has 0 nitrogen and oxygen atoms in total. The summed E-state index contributed by atoms with van der Waals surface area (Å²) in [5, 5.41) is 0. The average molecular weight is 235 g/mol. The number of hydrogen-bond acceptors (Lipinski definition) is 0. The van der Waals surface area contributed by atoms with E-state index in [1.807, 2.05) is 6.08 Å². The molecule has 0 fully saturated rings. The highest BCUT2D eigenvalue weighted by Crippen LogP contribution is 2.11. The molecule has 0 unspecified atom stereocenters. The van der Waals surface area contributed by atoms with Crippen molar-refractivity contribution in [3.63, 3.8) is 0 Å². The van der Waals surface area contributed by atoms with Gasteiger partial charge in [-0.25, -0.2) is 0 Å². The van der Waals surface area contributed by atoms with Gasteiger partial charge in [-0.3, -0.25) is 0 Å². The molecule has 0 bridgehead atoms. The van der Waals surface area contributed by atoms with Crippen LogP contribution in [0.25, 0.3) is 0 Å². The summed E-state index contributed by atoms with van der Waals surface area (Å²) < 4.78 is 0. The number of allylic oxidation sites excluding steroid dienone is 3. The summed E-state index contributed by atoms with van der Waals surface area (Å²) in [6.45, 7) is 7.53. The van der Waals surface area contributed by atoms with Crippen molar-refractivity contribution in [2.24, 2.45) is 0 Å². The van der Waals surface area contributed by atoms with E-state index in [0.717, 1.165) is 6.42 Å². The zero-order valence-electron chi connectivity index (χ0n) is 11.6. The van der Waals surface area contributed by atoms with Gasteiger partial charge in [-0.15, -0.1) is 6.58 Å². The number of rotatable bonds is 13. The molecule has 99 valence electrons. The van der Waals surface area contributed by atoms with E-state index >= 15 is 0 Å². The SMILES string of the molecule is [CH2]CC=CCCCCCCCCCCCC=C. The van der Waals surface area contributed by atoms with Crippen molar-refractivity contribution in [2.75, 3.05) is 0 Å². The maximum Gasteiger partial charge on any atom is -0.0351 e. The molecule has 0 aliphatic heterocycles. The lowest BCUT2D eigenvalue weighted by Crippen LogP contribution is -1.81. The molecule has 0 rings (SSSR count). The Bertz CT molecular complexity index is 167. The third-order valence-corrected chi connectivity index (χ3v) is 3.11. The van der Waals surface area contributed by atoms with Crippen molar-refractivity contribution in [1.29, 1.82) is 0 Å². The van der Waals surface area contributed by atoms with Crippen LogP contribution in [-0.4, -0.2) is 0 Å². The van der Waals surface area contributed by atoms with E-state index in [2.05, 4.69) is 25.7 Å². The van der Waals surface area contributed by atoms with Crippen LogP contribution in [0.5, 0.6) is 0 Å². The summed E-state index contributed by atoms with van der Waals surface area (Å²) >= 11 is 0. The average Bonchev–Trinajstić information content (AvgIpc) is 2.35. The van der Waals surface area contributed by atoms with Crippen molar-refractivity contribution in [3.05, 3.63) is 31.7 Å². The Labute approximate surface area is 109 Å². The van der Waals surface area contributed by atoms with Gasteiger partial charge in [0.2, 0.25) is 0 Å². The minimum atomic E-state index is 0.936. The minimum absolute atomic E-state index is 0.936. The molecular formula is C17H31. The molecule has 0 spiro atoms. The van der Waals surface area contributed by atoms with E-state index < -0.39 is 0 Å². The highest BCUT2D eigenvalue weighted by molar-refractivity contribution is 4.81. The molecular weight excluding hydrogens is 204 g/mol. The highest BCUT2D eigenvalue weighted by Gasteiger charge is 1.91. The molecule has 0 heterocycles. The van der Waals surface area contributed by atoms with Gasteiger partial charge in [0.1, 0.15) is 0 Å². The normalized spacial score (nSPS) is 11.1. The summed E-state index contributed by atoms with van der Waals surface area (Å²) in [7, 11) is 0. The van der Waals surface area contributed by atoms with Crippen LogP contribution in [0.15, 0.2) is 24.8 Å². The third-order valence-electron chi connectivity index (χ3n) is 3.11. The van der Waals surface area contributed by atoms with Gasteiger partial charge in [0, 0.05) is 0 Å². The van der Waals surface area contributed by atoms with Gasteiger partial charge < -0.3 is 0 Å². The largest absolute Gasteiger partial charge is 0.103 e. The van der Waals surface area contributed by atoms with Crippen LogP contribution in [-0.2, 0) is 0 Å². The minimum Gasteiger partial charge on any atom is -0.103 e. The van der Waals surface area contributed by atoms with Gasteiger partial charge in [0.25, 0.3) is 0 Å². The smallest absolute Gasteiger partial charge is 0.0351 e. The predicted molar refractivity (Wildman–Crippen MR) is 80.1 cm³/mol. The van der Waals surface area contributed by atoms with Gasteiger partial charge in [-0.2, -0.15) is 0 Å². The summed E-state index contributed by atoms with van der Waals surface area (Å²) in [4.78, 5) is 0. The lowest BCUT2D eigenvalue weighted by atomic mass is 10.1. The van der Waals surface area contributed by atoms with Crippen molar-refractivity contribution in [2.45, 2.75) is 77.0 Å². The predicted octanol–water partition coefficient (Wildman–Crippen LogP) is 6.24. The summed E-state index contributed by atoms with van der Waals surface area (Å²) in [5.74, 6) is 0. The first-order valence-corrected chi connectivity index (χ1v) is 7.47. The van der Waals surface area contributed by atoms with Crippen LogP contribution in [0.3, 0.4) is 0 Å². The van der Waals surface area contributed by atoms with E-state index in [9.17, 15) is 0 Å². The Kier molecular flexibility index (Phi) is 15.0. The van der Waals surface area contributed by atoms with Crippen LogP contribution in [0.1, 0.15) is 77.0 Å². The molecule has 0 aliphatic carbocycles. The third kappa shape index (κ3) is 15.5. The molecule has 0 heteroatoms. The second kappa shape index (κ2) is 15.5. The molecule has 0 aromatic rings. The van der Waals surface area contributed by atoms with Crippen LogP contribution >= 0.6 is 0 Å². The summed E-state index contributed by atoms with van der Waals surface area (Å²) in [6, 6.07) is 0. The zero-order valence-corrected chi connectivity index (χ0v) is 11.6. The van der Waals surface area contributed by atoms with Crippen molar-refractivity contribution >= 4 is 0 Å². The Morgan fingerprint density at radius 3 is 1.53 bits per heavy atom. The van der Waals surface area contributed by atoms with Crippen LogP contribution in [0.4, 0.5) is 0 Å². The maximum atomic E-state index is 3.79. The topological polar surface area (TPSA) is 0 Å². The quantitative estimate of drug-likeness (QED) is 0.262. The summed E-state index contributed by atoms with van der Waals surface area (Å²) in [5.41, 5.74) is 0. The van der Waals surface area contributed by atoms with Crippen molar-refractivity contribution in [1.82, 2.24) is 0 Å². The molecule has 0 aromatic carbocycles. The molecule has 0 aromatic heterocycles. The zero-order chi connectivity index (χ0) is 12.6. The second-order valence-electron chi connectivity index (χ2n) is 4.81. The van der Waals surface area contributed by atoms with Gasteiger partial charge in [0.15, 0.2) is 0 Å². The van der Waals surface area contributed by atoms with Crippen LogP contribution < -0.4 is 0 Å². The first-order chi connectivity index (χ1) is 8.41. The molecule has 0 saturated heterocycles. The molecule has 0 aliphatic rings. The molecule has 0 amide bonds. The fourth-order valence-corrected chi connectivity index (χ4v) is 2.02. The molecule has 17 heavy (non-hydrogen) atoms. The Morgan fingerprint density at radius 1 is 0.588 bits per heavy atom. The lowest BCUT2D eigenvalue weighted by Gasteiger charge is -2.01. The maximum absolute atomic E-state index is 3.79. The first-order valence-electron chi connectivity index (χ1n) is 7.47. The van der Waals surface area contributed by atoms with Crippen molar-refractivity contribution < 1.29 is 0 Å². The van der Waals surface area contributed by atoms with E-state index in [0.29, 0.717) is 0 Å². The Hall–Kier alpha value is -0.520. The summed E-state index contributed by atoms with van der Waals surface area (Å²) in [6.07, 6.45) is 22.5. The van der Waals surface area contributed by atoms with E-state index in [4.69, 9.17) is 0 Å². The molecule has 0 N–H and O–H groups in total. The monoisotopic (exact) mass is 235 g/mol. The van der Waals surface area contributed by atoms with Gasteiger partial charge in [-0.05, 0) is 39.0 Å². The van der Waals surface area contributed by atoms with Gasteiger partial charge in [-0.1, -0.05) is 63.2 Å². The van der Waals surface area contributed by atoms with Crippen LogP contribution in [0, 0.1) is 6.92 Å². The molecule has 1 radical (unpaired) electrons. The standard InChI is InChI=1S/C17H31/c1-3-5-7-9-11-13-15-17-16-14-12-10-8-6-4-2/h3,6,8H,1-2,4-5,7,9-17H2. The lowest BCUT2D eigenvalue weighted by molar-refractivity contribution is 0.561. The van der Waals surface area contributed by atoms with Crippen LogP contribution in [0.2, 0.25) is 0 Å². The van der Waals surface area contributed by atoms with E-state index in [-0.39, 0.29) is 0 Å². The van der Waals surface area contributed by atoms with Gasteiger partial charge in [0.05, 0.1) is 0 Å². The fourth-order valence-electron chi connectivity index (χ4n) is 2.02.